The summed E-state index contributed by atoms with van der Waals surface area (Å²) < 4.78 is 4.97. The van der Waals surface area contributed by atoms with E-state index in [0.717, 1.165) is 24.8 Å². The molecular formula is C25H35NaO8. The number of ether oxygens (including phenoxy) is 1. The van der Waals surface area contributed by atoms with Gasteiger partial charge in [0.25, 0.3) is 0 Å². The Morgan fingerprint density at radius 2 is 1.85 bits per heavy atom. The van der Waals surface area contributed by atoms with E-state index in [1.807, 2.05) is 6.92 Å². The normalized spacial score (nSPS) is 40.7. The van der Waals surface area contributed by atoms with Gasteiger partial charge >= 0.3 is 41.5 Å². The number of allylic oxidation sites excluding steroid dienone is 1. The second kappa shape index (κ2) is 9.77. The maximum atomic E-state index is 13.1. The summed E-state index contributed by atoms with van der Waals surface area (Å²) in [6.45, 7) is 3.41. The summed E-state index contributed by atoms with van der Waals surface area (Å²) in [7, 11) is 0. The molecule has 34 heavy (non-hydrogen) atoms. The second-order valence-corrected chi connectivity index (χ2v) is 11.0. The third kappa shape index (κ3) is 4.34. The Labute approximate surface area is 223 Å². The van der Waals surface area contributed by atoms with Gasteiger partial charge < -0.3 is 21.5 Å². The van der Waals surface area contributed by atoms with E-state index in [-0.39, 0.29) is 85.6 Å². The summed E-state index contributed by atoms with van der Waals surface area (Å²) in [4.78, 5) is 47.5. The molecule has 0 aromatic carbocycles. The van der Waals surface area contributed by atoms with Gasteiger partial charge in [0.2, 0.25) is 5.78 Å². The standard InChI is InChI=1S/C25H34O8.Na.H/c1-23-9-7-15(26)11-14(23)3-4-16-17-8-10-25(32,24(17,2)12-18(27)22(16)23)19(28)13-33-21(31)6-5-20(29)30;;/h11,16-18,22,27,32H,3-10,12-13H2,1-2H3,(H,29,30);;/q;+1;-1/t16-,17?,18+,22+,23+,24+,25+;;/m1../s1. The number of carboxylic acids is 1. The van der Waals surface area contributed by atoms with Crippen LogP contribution in [-0.2, 0) is 23.9 Å². The molecule has 3 fully saturated rings. The molecule has 0 saturated heterocycles. The number of carbonyl (C=O) groups is 4. The van der Waals surface area contributed by atoms with Crippen LogP contribution in [0, 0.1) is 28.6 Å². The number of hydrogen-bond donors (Lipinski definition) is 3. The molecule has 0 radical (unpaired) electrons. The van der Waals surface area contributed by atoms with Gasteiger partial charge in [-0.25, -0.2) is 0 Å². The van der Waals surface area contributed by atoms with E-state index in [9.17, 15) is 29.4 Å². The minimum Gasteiger partial charge on any atom is -1.00 e. The van der Waals surface area contributed by atoms with E-state index in [2.05, 4.69) is 6.92 Å². The van der Waals surface area contributed by atoms with Crippen LogP contribution in [0.1, 0.15) is 73.1 Å². The number of esters is 1. The largest absolute Gasteiger partial charge is 1.00 e. The molecule has 4 aliphatic rings. The van der Waals surface area contributed by atoms with Crippen LogP contribution < -0.4 is 29.6 Å². The molecule has 4 aliphatic carbocycles. The Morgan fingerprint density at radius 1 is 1.15 bits per heavy atom. The molecule has 8 nitrogen and oxygen atoms in total. The van der Waals surface area contributed by atoms with Crippen molar-refractivity contribution in [2.45, 2.75) is 83.3 Å². The van der Waals surface area contributed by atoms with Crippen molar-refractivity contribution in [3.8, 4) is 0 Å². The molecule has 0 aromatic rings. The molecule has 0 heterocycles. The van der Waals surface area contributed by atoms with Crippen LogP contribution in [0.25, 0.3) is 0 Å². The first-order valence-electron chi connectivity index (χ1n) is 12.0. The van der Waals surface area contributed by atoms with Crippen LogP contribution in [0.15, 0.2) is 11.6 Å². The number of Topliss-reactive ketones (excluding diaryl/α,β-unsaturated/α-hetero) is 1. The van der Waals surface area contributed by atoms with Crippen LogP contribution in [0.2, 0.25) is 0 Å². The molecule has 4 rings (SSSR count). The summed E-state index contributed by atoms with van der Waals surface area (Å²) in [6.07, 6.45) is 4.30. The molecule has 0 aromatic heterocycles. The first kappa shape index (κ1) is 27.5. The summed E-state index contributed by atoms with van der Waals surface area (Å²) in [5.41, 5.74) is -1.68. The molecule has 0 amide bonds. The Hall–Kier alpha value is -1.06. The first-order chi connectivity index (χ1) is 15.4. The van der Waals surface area contributed by atoms with E-state index in [1.165, 1.54) is 0 Å². The van der Waals surface area contributed by atoms with Gasteiger partial charge in [0.05, 0.1) is 18.9 Å². The Balaban J connectivity index is 0.00000216. The minimum atomic E-state index is -1.71. The molecule has 1 unspecified atom stereocenters. The number of carboxylic acid groups (broad SMARTS) is 1. The van der Waals surface area contributed by atoms with Crippen LogP contribution in [-0.4, -0.2) is 57.1 Å². The average molecular weight is 487 g/mol. The molecular weight excluding hydrogens is 451 g/mol. The predicted molar refractivity (Wildman–Crippen MR) is 117 cm³/mol. The van der Waals surface area contributed by atoms with Gasteiger partial charge in [-0.05, 0) is 67.8 Å². The van der Waals surface area contributed by atoms with Crippen molar-refractivity contribution in [2.24, 2.45) is 28.6 Å². The fourth-order valence-corrected chi connectivity index (χ4v) is 7.70. The predicted octanol–water partition coefficient (Wildman–Crippen LogP) is -0.686. The van der Waals surface area contributed by atoms with Gasteiger partial charge in [-0.15, -0.1) is 0 Å². The minimum absolute atomic E-state index is 0. The van der Waals surface area contributed by atoms with Gasteiger partial charge in [0.15, 0.2) is 12.4 Å². The second-order valence-electron chi connectivity index (χ2n) is 11.0. The Bertz CT molecular complexity index is 921. The van der Waals surface area contributed by atoms with E-state index >= 15 is 0 Å². The smallest absolute Gasteiger partial charge is 1.00 e. The van der Waals surface area contributed by atoms with Crippen LogP contribution in [0.4, 0.5) is 0 Å². The molecule has 3 saturated carbocycles. The van der Waals surface area contributed by atoms with Gasteiger partial charge in [-0.1, -0.05) is 19.4 Å². The number of ketones is 2. The number of fused-ring (bicyclic) bond motifs is 5. The summed E-state index contributed by atoms with van der Waals surface area (Å²) in [5, 5.41) is 31.6. The van der Waals surface area contributed by atoms with Gasteiger partial charge in [0, 0.05) is 11.8 Å². The summed E-state index contributed by atoms with van der Waals surface area (Å²) in [6, 6.07) is 0. The summed E-state index contributed by atoms with van der Waals surface area (Å²) in [5.74, 6) is -2.20. The maximum absolute atomic E-state index is 13.1. The van der Waals surface area contributed by atoms with Crippen LogP contribution >= 0.6 is 0 Å². The molecule has 7 atom stereocenters. The zero-order valence-corrected chi connectivity index (χ0v) is 22.3. The van der Waals surface area contributed by atoms with E-state index < -0.39 is 41.4 Å². The summed E-state index contributed by atoms with van der Waals surface area (Å²) >= 11 is 0. The van der Waals surface area contributed by atoms with Crippen molar-refractivity contribution in [3.63, 3.8) is 0 Å². The topological polar surface area (TPSA) is 138 Å². The zero-order chi connectivity index (χ0) is 24.2. The Morgan fingerprint density at radius 3 is 2.53 bits per heavy atom. The molecule has 0 aliphatic heterocycles. The van der Waals surface area contributed by atoms with Crippen LogP contribution in [0.5, 0.6) is 0 Å². The third-order valence-corrected chi connectivity index (χ3v) is 9.42. The molecule has 9 heteroatoms. The molecule has 3 N–H and O–H groups in total. The van der Waals surface area contributed by atoms with E-state index in [0.29, 0.717) is 12.8 Å². The van der Waals surface area contributed by atoms with E-state index in [1.54, 1.807) is 6.08 Å². The number of hydrogen-bond acceptors (Lipinski definition) is 7. The molecule has 0 spiro atoms. The fraction of sp³-hybridized carbons (Fsp3) is 0.760. The van der Waals surface area contributed by atoms with Gasteiger partial charge in [-0.3, -0.25) is 19.2 Å². The average Bonchev–Trinajstić information content (AvgIpc) is 3.02. The van der Waals surface area contributed by atoms with Crippen LogP contribution in [0.3, 0.4) is 0 Å². The fourth-order valence-electron chi connectivity index (χ4n) is 7.70. The van der Waals surface area contributed by atoms with Crippen molar-refractivity contribution in [1.29, 1.82) is 0 Å². The first-order valence-corrected chi connectivity index (χ1v) is 12.0. The number of aliphatic hydroxyl groups is 2. The number of carbonyl (C=O) groups excluding carboxylic acids is 3. The van der Waals surface area contributed by atoms with Gasteiger partial charge in [0.1, 0.15) is 5.60 Å². The Kier molecular flexibility index (Phi) is 7.91. The number of aliphatic carboxylic acids is 1. The molecule has 0 bridgehead atoms. The van der Waals surface area contributed by atoms with Gasteiger partial charge in [-0.2, -0.15) is 0 Å². The van der Waals surface area contributed by atoms with Crippen molar-refractivity contribution in [3.05, 3.63) is 11.6 Å². The monoisotopic (exact) mass is 486 g/mol. The number of rotatable bonds is 6. The van der Waals surface area contributed by atoms with Crippen molar-refractivity contribution >= 4 is 23.5 Å². The van der Waals surface area contributed by atoms with Crippen molar-refractivity contribution in [2.75, 3.05) is 6.61 Å². The maximum Gasteiger partial charge on any atom is 1.00 e. The van der Waals surface area contributed by atoms with Crippen molar-refractivity contribution < 1.29 is 70.2 Å². The van der Waals surface area contributed by atoms with Crippen molar-refractivity contribution in [1.82, 2.24) is 0 Å². The van der Waals surface area contributed by atoms with E-state index in [4.69, 9.17) is 9.84 Å². The zero-order valence-electron chi connectivity index (χ0n) is 21.3. The molecule has 184 valence electrons. The third-order valence-electron chi connectivity index (χ3n) is 9.42. The SMILES string of the molecule is C[C@]12CCC(=O)C=C1CC[C@@H]1C3CC[C@](O)(C(=O)COC(=O)CCC(=O)O)[C@@]3(C)C[C@H](O)[C@H]12.[H-].[Na+]. The quantitative estimate of drug-likeness (QED) is 0.332. The number of aliphatic hydroxyl groups excluding tert-OH is 1.